The maximum absolute atomic E-state index is 13.3. The Balaban J connectivity index is 1.94. The maximum Gasteiger partial charge on any atom is 0.127 e. The molecular weight excluding hydrogens is 278 g/mol. The minimum absolute atomic E-state index is 0.225. The Labute approximate surface area is 120 Å². The van der Waals surface area contributed by atoms with E-state index in [1.807, 2.05) is 0 Å². The Hall–Kier alpha value is -2.14. The van der Waals surface area contributed by atoms with E-state index >= 15 is 0 Å². The van der Waals surface area contributed by atoms with Gasteiger partial charge in [0.05, 0.1) is 13.2 Å². The molecule has 3 nitrogen and oxygen atoms in total. The van der Waals surface area contributed by atoms with Crippen molar-refractivity contribution >= 4 is 0 Å². The van der Waals surface area contributed by atoms with Crippen molar-refractivity contribution in [2.45, 2.75) is 18.6 Å². The molecule has 1 unspecified atom stereocenters. The van der Waals surface area contributed by atoms with Crippen LogP contribution in [0.1, 0.15) is 29.8 Å². The molecule has 2 aromatic rings. The van der Waals surface area contributed by atoms with Gasteiger partial charge < -0.3 is 14.6 Å². The topological polar surface area (TPSA) is 38.7 Å². The minimum atomic E-state index is -0.778. The molecule has 0 radical (unpaired) electrons. The number of rotatable bonds is 2. The van der Waals surface area contributed by atoms with E-state index in [2.05, 4.69) is 0 Å². The fourth-order valence-electron chi connectivity index (χ4n) is 2.52. The van der Waals surface area contributed by atoms with Crippen LogP contribution >= 0.6 is 0 Å². The molecule has 21 heavy (non-hydrogen) atoms. The average Bonchev–Trinajstić information content (AvgIpc) is 2.46. The SMILES string of the molecule is COc1ccc2c(c1)[C@@H](O)CC(c1cc(F)cc(F)c1)O2. The van der Waals surface area contributed by atoms with Crippen LogP contribution in [0.2, 0.25) is 0 Å². The van der Waals surface area contributed by atoms with E-state index in [0.29, 0.717) is 22.6 Å². The molecule has 0 bridgehead atoms. The molecule has 0 saturated carbocycles. The summed E-state index contributed by atoms with van der Waals surface area (Å²) in [6.45, 7) is 0. The first-order chi connectivity index (χ1) is 10.1. The lowest BCUT2D eigenvalue weighted by atomic mass is 9.94. The van der Waals surface area contributed by atoms with Crippen LogP contribution in [-0.2, 0) is 0 Å². The van der Waals surface area contributed by atoms with Crippen LogP contribution in [-0.4, -0.2) is 12.2 Å². The largest absolute Gasteiger partial charge is 0.497 e. The fourth-order valence-corrected chi connectivity index (χ4v) is 2.52. The van der Waals surface area contributed by atoms with Gasteiger partial charge in [-0.3, -0.25) is 0 Å². The molecule has 1 N–H and O–H groups in total. The van der Waals surface area contributed by atoms with E-state index in [-0.39, 0.29) is 6.42 Å². The number of aliphatic hydroxyl groups excluding tert-OH is 1. The lowest BCUT2D eigenvalue weighted by molar-refractivity contribution is 0.0651. The zero-order valence-electron chi connectivity index (χ0n) is 11.3. The van der Waals surface area contributed by atoms with Crippen molar-refractivity contribution in [2.75, 3.05) is 7.11 Å². The van der Waals surface area contributed by atoms with Gasteiger partial charge in [0.25, 0.3) is 0 Å². The number of methoxy groups -OCH3 is 1. The highest BCUT2D eigenvalue weighted by Crippen LogP contribution is 2.42. The van der Waals surface area contributed by atoms with Gasteiger partial charge in [-0.1, -0.05) is 0 Å². The van der Waals surface area contributed by atoms with Crippen LogP contribution in [0, 0.1) is 11.6 Å². The summed E-state index contributed by atoms with van der Waals surface area (Å²) in [6.07, 6.45) is -1.14. The van der Waals surface area contributed by atoms with Crippen molar-refractivity contribution in [1.29, 1.82) is 0 Å². The Kier molecular flexibility index (Phi) is 3.51. The smallest absolute Gasteiger partial charge is 0.127 e. The standard InChI is InChI=1S/C16H14F2O3/c1-20-12-2-3-15-13(7-12)14(19)8-16(21-15)9-4-10(17)6-11(18)5-9/h2-7,14,16,19H,8H2,1H3/t14-,16?/m0/s1. The number of aliphatic hydroxyl groups is 1. The summed E-state index contributed by atoms with van der Waals surface area (Å²) in [7, 11) is 1.54. The van der Waals surface area contributed by atoms with Gasteiger partial charge in [-0.15, -0.1) is 0 Å². The first-order valence-electron chi connectivity index (χ1n) is 6.55. The molecule has 3 rings (SSSR count). The number of ether oxygens (including phenoxy) is 2. The van der Waals surface area contributed by atoms with Gasteiger partial charge in [0, 0.05) is 18.1 Å². The molecule has 0 amide bonds. The number of hydrogen-bond donors (Lipinski definition) is 1. The summed E-state index contributed by atoms with van der Waals surface area (Å²) in [4.78, 5) is 0. The molecule has 2 atom stereocenters. The first-order valence-corrected chi connectivity index (χ1v) is 6.55. The summed E-state index contributed by atoms with van der Waals surface area (Å²) >= 11 is 0. The van der Waals surface area contributed by atoms with E-state index < -0.39 is 23.8 Å². The predicted octanol–water partition coefficient (Wildman–Crippen LogP) is 3.53. The fraction of sp³-hybridized carbons (Fsp3) is 0.250. The molecule has 0 aromatic heterocycles. The zero-order chi connectivity index (χ0) is 15.0. The highest BCUT2D eigenvalue weighted by molar-refractivity contribution is 5.43. The summed E-state index contributed by atoms with van der Waals surface area (Å²) in [5, 5.41) is 10.2. The van der Waals surface area contributed by atoms with Gasteiger partial charge in [-0.2, -0.15) is 0 Å². The maximum atomic E-state index is 13.3. The van der Waals surface area contributed by atoms with Gasteiger partial charge in [0.2, 0.25) is 0 Å². The molecule has 0 aliphatic carbocycles. The monoisotopic (exact) mass is 292 g/mol. The van der Waals surface area contributed by atoms with Crippen LogP contribution < -0.4 is 9.47 Å². The van der Waals surface area contributed by atoms with Crippen LogP contribution in [0.5, 0.6) is 11.5 Å². The third-order valence-electron chi connectivity index (χ3n) is 3.54. The second-order valence-corrected chi connectivity index (χ2v) is 4.96. The quantitative estimate of drug-likeness (QED) is 0.920. The molecule has 2 aromatic carbocycles. The van der Waals surface area contributed by atoms with Gasteiger partial charge in [-0.25, -0.2) is 8.78 Å². The van der Waals surface area contributed by atoms with Crippen molar-refractivity contribution in [3.05, 3.63) is 59.2 Å². The highest BCUT2D eigenvalue weighted by Gasteiger charge is 2.29. The number of benzene rings is 2. The molecule has 5 heteroatoms. The molecule has 0 saturated heterocycles. The van der Waals surface area contributed by atoms with Gasteiger partial charge in [-0.05, 0) is 35.9 Å². The van der Waals surface area contributed by atoms with Gasteiger partial charge in [0.15, 0.2) is 0 Å². The Bertz CT molecular complexity index is 652. The summed E-state index contributed by atoms with van der Waals surface area (Å²) in [5.74, 6) is -0.219. The highest BCUT2D eigenvalue weighted by atomic mass is 19.1. The molecular formula is C16H14F2O3. The lowest BCUT2D eigenvalue weighted by Gasteiger charge is -2.30. The van der Waals surface area contributed by atoms with Crippen molar-refractivity contribution < 1.29 is 23.4 Å². The number of hydrogen-bond acceptors (Lipinski definition) is 3. The Morgan fingerprint density at radius 3 is 2.52 bits per heavy atom. The van der Waals surface area contributed by atoms with Gasteiger partial charge in [0.1, 0.15) is 29.2 Å². The average molecular weight is 292 g/mol. The second-order valence-electron chi connectivity index (χ2n) is 4.96. The van der Waals surface area contributed by atoms with E-state index in [1.165, 1.54) is 19.2 Å². The Morgan fingerprint density at radius 2 is 1.86 bits per heavy atom. The zero-order valence-corrected chi connectivity index (χ0v) is 11.3. The molecule has 110 valence electrons. The molecule has 0 spiro atoms. The summed E-state index contributed by atoms with van der Waals surface area (Å²) < 4.78 is 37.5. The normalized spacial score (nSPS) is 20.6. The predicted molar refractivity (Wildman–Crippen MR) is 72.3 cm³/mol. The summed E-state index contributed by atoms with van der Waals surface area (Å²) in [6, 6.07) is 8.33. The van der Waals surface area contributed by atoms with Crippen molar-refractivity contribution in [2.24, 2.45) is 0 Å². The molecule has 0 fully saturated rings. The van der Waals surface area contributed by atoms with Crippen molar-refractivity contribution in [1.82, 2.24) is 0 Å². The van der Waals surface area contributed by atoms with Crippen LogP contribution in [0.15, 0.2) is 36.4 Å². The van der Waals surface area contributed by atoms with E-state index in [0.717, 1.165) is 6.07 Å². The minimum Gasteiger partial charge on any atom is -0.497 e. The molecule has 1 heterocycles. The lowest BCUT2D eigenvalue weighted by Crippen LogP contribution is -2.19. The van der Waals surface area contributed by atoms with Crippen LogP contribution in [0.25, 0.3) is 0 Å². The number of fused-ring (bicyclic) bond motifs is 1. The van der Waals surface area contributed by atoms with Crippen molar-refractivity contribution in [3.8, 4) is 11.5 Å². The third kappa shape index (κ3) is 2.69. The van der Waals surface area contributed by atoms with E-state index in [9.17, 15) is 13.9 Å². The van der Waals surface area contributed by atoms with E-state index in [4.69, 9.17) is 9.47 Å². The van der Waals surface area contributed by atoms with E-state index in [1.54, 1.807) is 18.2 Å². The number of halogens is 2. The van der Waals surface area contributed by atoms with Crippen LogP contribution in [0.3, 0.4) is 0 Å². The third-order valence-corrected chi connectivity index (χ3v) is 3.54. The summed E-state index contributed by atoms with van der Waals surface area (Å²) in [5.41, 5.74) is 0.982. The first kappa shape index (κ1) is 13.8. The van der Waals surface area contributed by atoms with Crippen LogP contribution in [0.4, 0.5) is 8.78 Å². The molecule has 1 aliphatic heterocycles. The van der Waals surface area contributed by atoms with Gasteiger partial charge >= 0.3 is 0 Å². The molecule has 1 aliphatic rings. The Morgan fingerprint density at radius 1 is 1.14 bits per heavy atom. The van der Waals surface area contributed by atoms with Crippen molar-refractivity contribution in [3.63, 3.8) is 0 Å². The second kappa shape index (κ2) is 5.33.